The van der Waals surface area contributed by atoms with Crippen molar-refractivity contribution in [3.63, 3.8) is 0 Å². The van der Waals surface area contributed by atoms with Crippen LogP contribution < -0.4 is 5.32 Å². The number of aliphatic carboxylic acids is 1. The lowest BCUT2D eigenvalue weighted by Crippen LogP contribution is -2.49. The third-order valence-electron chi connectivity index (χ3n) is 4.27. The van der Waals surface area contributed by atoms with Gasteiger partial charge in [-0.05, 0) is 40.0 Å². The van der Waals surface area contributed by atoms with Gasteiger partial charge in [-0.3, -0.25) is 0 Å². The van der Waals surface area contributed by atoms with E-state index in [1.165, 1.54) is 0 Å². The normalized spacial score (nSPS) is 28.8. The molecule has 1 amide bonds. The molecular formula is C14H23NO4. The number of hydrogen-bond acceptors (Lipinski definition) is 3. The number of rotatable bonds is 2. The summed E-state index contributed by atoms with van der Waals surface area (Å²) in [5, 5.41) is 12.1. The van der Waals surface area contributed by atoms with Crippen molar-refractivity contribution in [3.05, 3.63) is 0 Å². The molecule has 2 aliphatic carbocycles. The van der Waals surface area contributed by atoms with E-state index < -0.39 is 23.2 Å². The number of carboxylic acids is 1. The molecule has 5 nitrogen and oxygen atoms in total. The van der Waals surface area contributed by atoms with Crippen molar-refractivity contribution in [2.45, 2.75) is 70.4 Å². The Morgan fingerprint density at radius 2 is 1.74 bits per heavy atom. The van der Waals surface area contributed by atoms with Gasteiger partial charge < -0.3 is 15.2 Å². The quantitative estimate of drug-likeness (QED) is 0.808. The minimum absolute atomic E-state index is 0.242. The van der Waals surface area contributed by atoms with Gasteiger partial charge in [0.25, 0.3) is 0 Å². The lowest BCUT2D eigenvalue weighted by molar-refractivity contribution is -0.142. The van der Waals surface area contributed by atoms with Gasteiger partial charge in [0.1, 0.15) is 11.1 Å². The number of ether oxygens (including phenoxy) is 1. The molecule has 0 aliphatic heterocycles. The molecule has 0 bridgehead atoms. The predicted octanol–water partition coefficient (Wildman–Crippen LogP) is 2.69. The Bertz CT molecular complexity index is 393. The zero-order valence-electron chi connectivity index (χ0n) is 11.9. The summed E-state index contributed by atoms with van der Waals surface area (Å²) in [5.41, 5.74) is -1.96. The molecule has 108 valence electrons. The van der Waals surface area contributed by atoms with Crippen LogP contribution in [0.1, 0.15) is 59.3 Å². The standard InChI is InChI=1S/C14H23NO4/c1-12(2,3)19-11(18)15-14(10(16)17)9-13(14)7-5-4-6-8-13/h4-9H2,1-3H3,(H,15,18)(H,16,17). The molecule has 0 aromatic carbocycles. The average Bonchev–Trinajstić information content (AvgIpc) is 2.84. The van der Waals surface area contributed by atoms with Gasteiger partial charge in [0.15, 0.2) is 0 Å². The lowest BCUT2D eigenvalue weighted by Gasteiger charge is -2.28. The predicted molar refractivity (Wildman–Crippen MR) is 69.9 cm³/mol. The summed E-state index contributed by atoms with van der Waals surface area (Å²) in [5.74, 6) is -0.930. The Morgan fingerprint density at radius 1 is 1.16 bits per heavy atom. The fourth-order valence-electron chi connectivity index (χ4n) is 3.31. The Balaban J connectivity index is 2.07. The van der Waals surface area contributed by atoms with Crippen molar-refractivity contribution in [2.75, 3.05) is 0 Å². The molecule has 1 unspecified atom stereocenters. The molecule has 1 spiro atoms. The molecule has 2 fully saturated rings. The second-order valence-corrected chi connectivity index (χ2v) is 6.86. The molecule has 2 aliphatic rings. The largest absolute Gasteiger partial charge is 0.479 e. The van der Waals surface area contributed by atoms with Crippen LogP contribution in [0.25, 0.3) is 0 Å². The molecule has 0 aromatic heterocycles. The van der Waals surface area contributed by atoms with Gasteiger partial charge in [0.05, 0.1) is 0 Å². The van der Waals surface area contributed by atoms with Crippen molar-refractivity contribution in [1.82, 2.24) is 5.32 Å². The number of amides is 1. The first-order valence-corrected chi connectivity index (χ1v) is 6.95. The summed E-state index contributed by atoms with van der Waals surface area (Å²) in [4.78, 5) is 23.4. The number of hydrogen-bond donors (Lipinski definition) is 2. The highest BCUT2D eigenvalue weighted by Crippen LogP contribution is 2.64. The van der Waals surface area contributed by atoms with Gasteiger partial charge in [-0.1, -0.05) is 19.3 Å². The highest BCUT2D eigenvalue weighted by molar-refractivity contribution is 5.89. The van der Waals surface area contributed by atoms with Crippen LogP contribution in [0.4, 0.5) is 4.79 Å². The van der Waals surface area contributed by atoms with Crippen LogP contribution in [-0.4, -0.2) is 28.3 Å². The summed E-state index contributed by atoms with van der Waals surface area (Å²) in [6, 6.07) is 0. The van der Waals surface area contributed by atoms with Crippen molar-refractivity contribution >= 4 is 12.1 Å². The summed E-state index contributed by atoms with van der Waals surface area (Å²) in [6.07, 6.45) is 4.93. The smallest absolute Gasteiger partial charge is 0.408 e. The van der Waals surface area contributed by atoms with E-state index in [-0.39, 0.29) is 5.41 Å². The molecule has 2 N–H and O–H groups in total. The third-order valence-corrected chi connectivity index (χ3v) is 4.27. The van der Waals surface area contributed by atoms with Crippen LogP contribution in [0, 0.1) is 5.41 Å². The molecule has 2 rings (SSSR count). The van der Waals surface area contributed by atoms with E-state index in [0.29, 0.717) is 6.42 Å². The number of carbonyl (C=O) groups excluding carboxylic acids is 1. The minimum Gasteiger partial charge on any atom is -0.479 e. The van der Waals surface area contributed by atoms with Gasteiger partial charge in [-0.15, -0.1) is 0 Å². The highest BCUT2D eigenvalue weighted by atomic mass is 16.6. The molecule has 1 atom stereocenters. The number of carboxylic acid groups (broad SMARTS) is 1. The van der Waals surface area contributed by atoms with Crippen LogP contribution in [0.3, 0.4) is 0 Å². The van der Waals surface area contributed by atoms with E-state index in [0.717, 1.165) is 32.1 Å². The van der Waals surface area contributed by atoms with Crippen LogP contribution in [0.5, 0.6) is 0 Å². The van der Waals surface area contributed by atoms with E-state index in [9.17, 15) is 14.7 Å². The monoisotopic (exact) mass is 269 g/mol. The lowest BCUT2D eigenvalue weighted by atomic mass is 9.82. The third kappa shape index (κ3) is 2.55. The highest BCUT2D eigenvalue weighted by Gasteiger charge is 2.73. The Morgan fingerprint density at radius 3 is 2.21 bits per heavy atom. The van der Waals surface area contributed by atoms with Crippen LogP contribution in [-0.2, 0) is 9.53 Å². The Labute approximate surface area is 113 Å². The fraction of sp³-hybridized carbons (Fsp3) is 0.857. The molecule has 0 heterocycles. The van der Waals surface area contributed by atoms with Gasteiger partial charge >= 0.3 is 12.1 Å². The van der Waals surface area contributed by atoms with Gasteiger partial charge in [0.2, 0.25) is 0 Å². The van der Waals surface area contributed by atoms with Crippen molar-refractivity contribution < 1.29 is 19.4 Å². The maximum absolute atomic E-state index is 11.8. The summed E-state index contributed by atoms with van der Waals surface area (Å²) in [7, 11) is 0. The zero-order chi connectivity index (χ0) is 14.3. The molecule has 0 radical (unpaired) electrons. The first-order chi connectivity index (χ1) is 8.71. The SMILES string of the molecule is CC(C)(C)OC(=O)NC1(C(=O)O)CC12CCCCC2. The summed E-state index contributed by atoms with van der Waals surface area (Å²) >= 11 is 0. The minimum atomic E-state index is -1.10. The van der Waals surface area contributed by atoms with E-state index in [1.807, 2.05) is 0 Å². The number of nitrogens with one attached hydrogen (secondary N) is 1. The van der Waals surface area contributed by atoms with Crippen LogP contribution in [0.2, 0.25) is 0 Å². The van der Waals surface area contributed by atoms with Crippen LogP contribution in [0.15, 0.2) is 0 Å². The Hall–Kier alpha value is -1.26. The van der Waals surface area contributed by atoms with E-state index in [1.54, 1.807) is 20.8 Å². The van der Waals surface area contributed by atoms with Gasteiger partial charge in [-0.25, -0.2) is 9.59 Å². The molecule has 0 saturated heterocycles. The number of alkyl carbamates (subject to hydrolysis) is 1. The van der Waals surface area contributed by atoms with Crippen molar-refractivity contribution in [2.24, 2.45) is 5.41 Å². The maximum atomic E-state index is 11.8. The summed E-state index contributed by atoms with van der Waals surface area (Å²) in [6.45, 7) is 5.30. The van der Waals surface area contributed by atoms with Crippen molar-refractivity contribution in [3.8, 4) is 0 Å². The average molecular weight is 269 g/mol. The summed E-state index contributed by atoms with van der Waals surface area (Å²) < 4.78 is 5.18. The molecule has 5 heteroatoms. The van der Waals surface area contributed by atoms with E-state index in [4.69, 9.17) is 4.74 Å². The van der Waals surface area contributed by atoms with Gasteiger partial charge in [0, 0.05) is 5.41 Å². The number of carbonyl (C=O) groups is 2. The van der Waals surface area contributed by atoms with E-state index in [2.05, 4.69) is 5.32 Å². The molecule has 2 saturated carbocycles. The topological polar surface area (TPSA) is 75.6 Å². The van der Waals surface area contributed by atoms with Gasteiger partial charge in [-0.2, -0.15) is 0 Å². The molecular weight excluding hydrogens is 246 g/mol. The molecule has 0 aromatic rings. The van der Waals surface area contributed by atoms with E-state index >= 15 is 0 Å². The zero-order valence-corrected chi connectivity index (χ0v) is 11.9. The second kappa shape index (κ2) is 4.39. The van der Waals surface area contributed by atoms with Crippen LogP contribution >= 0.6 is 0 Å². The second-order valence-electron chi connectivity index (χ2n) is 6.86. The first-order valence-electron chi connectivity index (χ1n) is 6.95. The Kier molecular flexibility index (Phi) is 3.27. The van der Waals surface area contributed by atoms with Crippen molar-refractivity contribution in [1.29, 1.82) is 0 Å². The fourth-order valence-corrected chi connectivity index (χ4v) is 3.31. The molecule has 19 heavy (non-hydrogen) atoms. The first kappa shape index (κ1) is 14.2. The maximum Gasteiger partial charge on any atom is 0.408 e.